The molecule has 10 heteroatoms. The highest BCUT2D eigenvalue weighted by molar-refractivity contribution is 7.89. The summed E-state index contributed by atoms with van der Waals surface area (Å²) in [4.78, 5) is 19.2. The van der Waals surface area contributed by atoms with Crippen LogP contribution in [0.25, 0.3) is 0 Å². The van der Waals surface area contributed by atoms with E-state index in [1.807, 2.05) is 0 Å². The number of sulfonamides is 1. The van der Waals surface area contributed by atoms with Crippen LogP contribution in [0.15, 0.2) is 41.6 Å². The van der Waals surface area contributed by atoms with Crippen LogP contribution < -0.4 is 10.1 Å². The third-order valence-electron chi connectivity index (χ3n) is 4.02. The molecule has 2 heterocycles. The Labute approximate surface area is 162 Å². The van der Waals surface area contributed by atoms with Crippen molar-refractivity contribution in [3.05, 3.63) is 41.7 Å². The van der Waals surface area contributed by atoms with Gasteiger partial charge in [0.25, 0.3) is 0 Å². The molecule has 1 N–H and O–H groups in total. The molecular weight excluding hydrogens is 392 g/mol. The van der Waals surface area contributed by atoms with Gasteiger partial charge in [0, 0.05) is 19.2 Å². The minimum absolute atomic E-state index is 0.167. The normalized spacial score (nSPS) is 18.1. The average molecular weight is 411 g/mol. The third-order valence-corrected chi connectivity index (χ3v) is 6.10. The molecule has 1 aromatic carbocycles. The van der Waals surface area contributed by atoms with E-state index in [-0.39, 0.29) is 29.5 Å². The van der Waals surface area contributed by atoms with Crippen LogP contribution in [0.1, 0.15) is 19.8 Å². The highest BCUT2D eigenvalue weighted by Gasteiger charge is 2.31. The first kappa shape index (κ1) is 19.5. The quantitative estimate of drug-likeness (QED) is 0.811. The zero-order chi connectivity index (χ0) is 19.4. The highest BCUT2D eigenvalue weighted by Crippen LogP contribution is 2.24. The van der Waals surface area contributed by atoms with Crippen molar-refractivity contribution in [2.45, 2.75) is 30.8 Å². The molecule has 1 aliphatic heterocycles. The van der Waals surface area contributed by atoms with Crippen molar-refractivity contribution in [3.63, 3.8) is 0 Å². The summed E-state index contributed by atoms with van der Waals surface area (Å²) in [6, 6.07) is 6.26. The lowest BCUT2D eigenvalue weighted by Crippen LogP contribution is -2.44. The van der Waals surface area contributed by atoms with Crippen LogP contribution in [0.5, 0.6) is 6.01 Å². The van der Waals surface area contributed by atoms with Gasteiger partial charge in [-0.05, 0) is 37.1 Å². The first-order chi connectivity index (χ1) is 12.8. The number of aromatic nitrogens is 2. The van der Waals surface area contributed by atoms with Crippen molar-refractivity contribution >= 4 is 33.2 Å². The first-order valence-electron chi connectivity index (χ1n) is 8.36. The molecule has 27 heavy (non-hydrogen) atoms. The lowest BCUT2D eigenvalue weighted by molar-refractivity contribution is -0.114. The van der Waals surface area contributed by atoms with Gasteiger partial charge in [-0.2, -0.15) is 4.31 Å². The zero-order valence-electron chi connectivity index (χ0n) is 14.6. The number of nitrogens with zero attached hydrogens (tertiary/aromatic N) is 3. The molecule has 0 saturated carbocycles. The number of benzene rings is 1. The van der Waals surface area contributed by atoms with Crippen LogP contribution >= 0.6 is 11.6 Å². The lowest BCUT2D eigenvalue weighted by Gasteiger charge is -2.31. The average Bonchev–Trinajstić information content (AvgIpc) is 2.64. The molecule has 144 valence electrons. The number of ether oxygens (including phenoxy) is 1. The number of carbonyl (C=O) groups is 1. The van der Waals surface area contributed by atoms with E-state index in [0.717, 1.165) is 0 Å². The highest BCUT2D eigenvalue weighted by atomic mass is 35.5. The van der Waals surface area contributed by atoms with Gasteiger partial charge in [-0.1, -0.05) is 11.6 Å². The Kier molecular flexibility index (Phi) is 5.93. The summed E-state index contributed by atoms with van der Waals surface area (Å²) in [5.74, 6) is -0.217. The second-order valence-corrected chi connectivity index (χ2v) is 8.51. The van der Waals surface area contributed by atoms with Crippen LogP contribution in [-0.4, -0.2) is 47.8 Å². The summed E-state index contributed by atoms with van der Waals surface area (Å²) in [6.07, 6.45) is 3.89. The molecule has 0 radical (unpaired) electrons. The Morgan fingerprint density at radius 1 is 1.26 bits per heavy atom. The number of amides is 1. The van der Waals surface area contributed by atoms with Crippen LogP contribution in [0.2, 0.25) is 5.02 Å². The van der Waals surface area contributed by atoms with Gasteiger partial charge in [-0.25, -0.2) is 18.4 Å². The number of anilines is 1. The molecule has 3 rings (SSSR count). The standard InChI is InChI=1S/C17H19ClN4O4S/c1-12(23)21-14-4-6-16(7-5-14)27(24,25)22-8-2-3-15(11-22)26-17-19-9-13(18)10-20-17/h4-7,9-10,15H,2-3,8,11H2,1H3,(H,21,23). The van der Waals surface area contributed by atoms with Crippen molar-refractivity contribution in [2.75, 3.05) is 18.4 Å². The summed E-state index contributed by atoms with van der Waals surface area (Å²) in [5.41, 5.74) is 0.543. The number of carbonyl (C=O) groups excluding carboxylic acids is 1. The Hall–Kier alpha value is -2.23. The third kappa shape index (κ3) is 4.94. The van der Waals surface area contributed by atoms with Crippen molar-refractivity contribution in [1.29, 1.82) is 0 Å². The van der Waals surface area contributed by atoms with Crippen LogP contribution in [0, 0.1) is 0 Å². The van der Waals surface area contributed by atoms with Crippen molar-refractivity contribution in [3.8, 4) is 6.01 Å². The van der Waals surface area contributed by atoms with Crippen molar-refractivity contribution in [1.82, 2.24) is 14.3 Å². The fourth-order valence-electron chi connectivity index (χ4n) is 2.79. The summed E-state index contributed by atoms with van der Waals surface area (Å²) in [7, 11) is -3.66. The maximum Gasteiger partial charge on any atom is 0.316 e. The summed E-state index contributed by atoms with van der Waals surface area (Å²) >= 11 is 5.75. The molecule has 0 bridgehead atoms. The van der Waals surface area contributed by atoms with Gasteiger partial charge in [0.2, 0.25) is 15.9 Å². The van der Waals surface area contributed by atoms with E-state index >= 15 is 0 Å². The Morgan fingerprint density at radius 2 is 1.93 bits per heavy atom. The van der Waals surface area contributed by atoms with Gasteiger partial charge in [0.1, 0.15) is 6.10 Å². The van der Waals surface area contributed by atoms with E-state index < -0.39 is 10.0 Å². The molecular formula is C17H19ClN4O4S. The summed E-state index contributed by atoms with van der Waals surface area (Å²) < 4.78 is 32.9. The second-order valence-electron chi connectivity index (χ2n) is 6.13. The minimum Gasteiger partial charge on any atom is -0.459 e. The Balaban J connectivity index is 1.70. The minimum atomic E-state index is -3.66. The molecule has 0 aliphatic carbocycles. The Morgan fingerprint density at radius 3 is 2.56 bits per heavy atom. The van der Waals surface area contributed by atoms with Gasteiger partial charge >= 0.3 is 6.01 Å². The lowest BCUT2D eigenvalue weighted by atomic mass is 10.1. The van der Waals surface area contributed by atoms with Crippen LogP contribution in [0.3, 0.4) is 0 Å². The molecule has 1 saturated heterocycles. The van der Waals surface area contributed by atoms with Gasteiger partial charge in [0.05, 0.1) is 28.9 Å². The van der Waals surface area contributed by atoms with Gasteiger partial charge in [0.15, 0.2) is 0 Å². The topological polar surface area (TPSA) is 101 Å². The fraction of sp³-hybridized carbons (Fsp3) is 0.353. The predicted octanol–water partition coefficient (Wildman–Crippen LogP) is 2.32. The fourth-order valence-corrected chi connectivity index (χ4v) is 4.40. The number of halogens is 1. The summed E-state index contributed by atoms with van der Waals surface area (Å²) in [5, 5.41) is 3.01. The molecule has 1 aromatic heterocycles. The number of hydrogen-bond acceptors (Lipinski definition) is 6. The second kappa shape index (κ2) is 8.20. The van der Waals surface area contributed by atoms with Crippen LogP contribution in [0.4, 0.5) is 5.69 Å². The molecule has 8 nitrogen and oxygen atoms in total. The number of hydrogen-bond donors (Lipinski definition) is 1. The van der Waals surface area contributed by atoms with Crippen molar-refractivity contribution < 1.29 is 17.9 Å². The van der Waals surface area contributed by atoms with E-state index in [9.17, 15) is 13.2 Å². The molecule has 2 aromatic rings. The van der Waals surface area contributed by atoms with Gasteiger partial charge < -0.3 is 10.1 Å². The van der Waals surface area contributed by atoms with E-state index in [2.05, 4.69) is 15.3 Å². The van der Waals surface area contributed by atoms with Crippen LogP contribution in [-0.2, 0) is 14.8 Å². The molecule has 1 aliphatic rings. The molecule has 1 unspecified atom stereocenters. The first-order valence-corrected chi connectivity index (χ1v) is 10.2. The predicted molar refractivity (Wildman–Crippen MR) is 100 cm³/mol. The zero-order valence-corrected chi connectivity index (χ0v) is 16.2. The SMILES string of the molecule is CC(=O)Nc1ccc(S(=O)(=O)N2CCCC(Oc3ncc(Cl)cn3)C2)cc1. The van der Waals surface area contributed by atoms with Crippen molar-refractivity contribution in [2.24, 2.45) is 0 Å². The maximum atomic E-state index is 12.9. The number of nitrogens with one attached hydrogen (secondary N) is 1. The number of rotatable bonds is 5. The molecule has 1 atom stereocenters. The van der Waals surface area contributed by atoms with E-state index in [1.165, 1.54) is 35.8 Å². The monoisotopic (exact) mass is 410 g/mol. The molecule has 1 amide bonds. The maximum absolute atomic E-state index is 12.9. The van der Waals surface area contributed by atoms with E-state index in [1.54, 1.807) is 12.1 Å². The smallest absolute Gasteiger partial charge is 0.316 e. The van der Waals surface area contributed by atoms with Gasteiger partial charge in [-0.3, -0.25) is 4.79 Å². The van der Waals surface area contributed by atoms with E-state index in [4.69, 9.17) is 16.3 Å². The number of piperidine rings is 1. The summed E-state index contributed by atoms with van der Waals surface area (Å²) in [6.45, 7) is 2.02. The van der Waals surface area contributed by atoms with E-state index in [0.29, 0.717) is 30.1 Å². The largest absolute Gasteiger partial charge is 0.459 e. The molecule has 1 fully saturated rings. The molecule has 0 spiro atoms. The van der Waals surface area contributed by atoms with Gasteiger partial charge in [-0.15, -0.1) is 0 Å². The Bertz CT molecular complexity index is 904.